The highest BCUT2D eigenvalue weighted by molar-refractivity contribution is 5.98. The SMILES string of the molecule is COc1cc(NC(=O)OC2CCCC2)ccc1C(=O)N1CCCC2(C)CCCCC12. The van der Waals surface area contributed by atoms with Crippen molar-refractivity contribution in [3.05, 3.63) is 23.8 Å². The van der Waals surface area contributed by atoms with E-state index >= 15 is 0 Å². The van der Waals surface area contributed by atoms with Gasteiger partial charge in [-0.25, -0.2) is 4.79 Å². The molecule has 1 N–H and O–H groups in total. The number of anilines is 1. The zero-order chi connectivity index (χ0) is 21.1. The van der Waals surface area contributed by atoms with E-state index in [0.717, 1.165) is 45.1 Å². The second-order valence-corrected chi connectivity index (χ2v) is 9.37. The lowest BCUT2D eigenvalue weighted by molar-refractivity contribution is -0.000618. The summed E-state index contributed by atoms with van der Waals surface area (Å²) in [5.41, 5.74) is 1.36. The Bertz CT molecular complexity index is 785. The van der Waals surface area contributed by atoms with Gasteiger partial charge in [0, 0.05) is 24.3 Å². The fourth-order valence-corrected chi connectivity index (χ4v) is 5.66. The number of carbonyl (C=O) groups is 2. The van der Waals surface area contributed by atoms with E-state index in [0.29, 0.717) is 23.0 Å². The Morgan fingerprint density at radius 1 is 1.07 bits per heavy atom. The molecular formula is C24H34N2O4. The zero-order valence-electron chi connectivity index (χ0n) is 18.2. The number of piperidine rings is 1. The Labute approximate surface area is 179 Å². The van der Waals surface area contributed by atoms with Crippen LogP contribution >= 0.6 is 0 Å². The Hall–Kier alpha value is -2.24. The molecule has 2 unspecified atom stereocenters. The van der Waals surface area contributed by atoms with Crippen LogP contribution in [0.2, 0.25) is 0 Å². The third-order valence-electron chi connectivity index (χ3n) is 7.32. The molecule has 1 aromatic carbocycles. The van der Waals surface area contributed by atoms with Gasteiger partial charge in [0.2, 0.25) is 0 Å². The number of hydrogen-bond donors (Lipinski definition) is 1. The number of hydrogen-bond acceptors (Lipinski definition) is 4. The van der Waals surface area contributed by atoms with Crippen LogP contribution in [0.5, 0.6) is 5.75 Å². The molecule has 2 saturated carbocycles. The third kappa shape index (κ3) is 4.28. The molecule has 2 atom stereocenters. The van der Waals surface area contributed by atoms with E-state index in [4.69, 9.17) is 9.47 Å². The molecule has 30 heavy (non-hydrogen) atoms. The number of nitrogens with one attached hydrogen (secondary N) is 1. The molecule has 1 heterocycles. The van der Waals surface area contributed by atoms with Crippen molar-refractivity contribution in [2.45, 2.75) is 83.3 Å². The maximum absolute atomic E-state index is 13.5. The second-order valence-electron chi connectivity index (χ2n) is 9.37. The van der Waals surface area contributed by atoms with E-state index in [1.807, 2.05) is 0 Å². The number of amides is 2. The molecule has 0 aromatic heterocycles. The minimum Gasteiger partial charge on any atom is -0.496 e. The van der Waals surface area contributed by atoms with E-state index in [1.54, 1.807) is 25.3 Å². The summed E-state index contributed by atoms with van der Waals surface area (Å²) in [7, 11) is 1.56. The molecule has 3 fully saturated rings. The summed E-state index contributed by atoms with van der Waals surface area (Å²) in [6.07, 6.45) is 10.6. The molecular weight excluding hydrogens is 380 g/mol. The lowest BCUT2D eigenvalue weighted by Crippen LogP contribution is -2.54. The Kier molecular flexibility index (Phi) is 6.21. The summed E-state index contributed by atoms with van der Waals surface area (Å²) in [6, 6.07) is 5.54. The van der Waals surface area contributed by atoms with E-state index in [9.17, 15) is 9.59 Å². The van der Waals surface area contributed by atoms with E-state index < -0.39 is 6.09 Å². The first-order chi connectivity index (χ1) is 14.5. The van der Waals surface area contributed by atoms with Crippen LogP contribution in [0.15, 0.2) is 18.2 Å². The second kappa shape index (κ2) is 8.86. The molecule has 6 heteroatoms. The number of nitrogens with zero attached hydrogens (tertiary/aromatic N) is 1. The van der Waals surface area contributed by atoms with Gasteiger partial charge in [-0.1, -0.05) is 19.8 Å². The molecule has 4 rings (SSSR count). The first-order valence-electron chi connectivity index (χ1n) is 11.5. The Balaban J connectivity index is 1.48. The van der Waals surface area contributed by atoms with Crippen LogP contribution in [-0.4, -0.2) is 42.7 Å². The maximum Gasteiger partial charge on any atom is 0.411 e. The summed E-state index contributed by atoms with van der Waals surface area (Å²) >= 11 is 0. The summed E-state index contributed by atoms with van der Waals surface area (Å²) in [5, 5.41) is 2.77. The van der Waals surface area contributed by atoms with Crippen molar-refractivity contribution in [2.75, 3.05) is 19.0 Å². The van der Waals surface area contributed by atoms with Crippen LogP contribution in [0.1, 0.15) is 81.5 Å². The molecule has 6 nitrogen and oxygen atoms in total. The van der Waals surface area contributed by atoms with Gasteiger partial charge in [0.15, 0.2) is 0 Å². The number of likely N-dealkylation sites (tertiary alicyclic amines) is 1. The van der Waals surface area contributed by atoms with Gasteiger partial charge in [0.05, 0.1) is 12.7 Å². The minimum atomic E-state index is -0.447. The summed E-state index contributed by atoms with van der Waals surface area (Å²) in [4.78, 5) is 27.7. The molecule has 0 spiro atoms. The number of methoxy groups -OCH3 is 1. The minimum absolute atomic E-state index is 0.0108. The normalized spacial score (nSPS) is 26.7. The average molecular weight is 415 g/mol. The van der Waals surface area contributed by atoms with Crippen molar-refractivity contribution in [3.63, 3.8) is 0 Å². The monoisotopic (exact) mass is 414 g/mol. The molecule has 1 saturated heterocycles. The van der Waals surface area contributed by atoms with Crippen LogP contribution in [-0.2, 0) is 4.74 Å². The van der Waals surface area contributed by atoms with Crippen molar-refractivity contribution in [2.24, 2.45) is 5.41 Å². The first kappa shape index (κ1) is 21.0. The maximum atomic E-state index is 13.5. The van der Waals surface area contributed by atoms with Crippen molar-refractivity contribution in [1.29, 1.82) is 0 Å². The van der Waals surface area contributed by atoms with Gasteiger partial charge in [-0.05, 0) is 68.9 Å². The zero-order valence-corrected chi connectivity index (χ0v) is 18.2. The Morgan fingerprint density at radius 3 is 2.57 bits per heavy atom. The molecule has 0 radical (unpaired) electrons. The predicted octanol–water partition coefficient (Wildman–Crippen LogP) is 5.37. The van der Waals surface area contributed by atoms with Gasteiger partial charge in [-0.15, -0.1) is 0 Å². The molecule has 164 valence electrons. The molecule has 2 amide bonds. The van der Waals surface area contributed by atoms with Crippen molar-refractivity contribution in [1.82, 2.24) is 4.90 Å². The van der Waals surface area contributed by atoms with E-state index in [-0.39, 0.29) is 17.4 Å². The lowest BCUT2D eigenvalue weighted by Gasteiger charge is -2.51. The molecule has 0 bridgehead atoms. The number of ether oxygens (including phenoxy) is 2. The van der Waals surface area contributed by atoms with Crippen LogP contribution in [0.3, 0.4) is 0 Å². The predicted molar refractivity (Wildman–Crippen MR) is 116 cm³/mol. The molecule has 3 aliphatic rings. The standard InChI is InChI=1S/C24H34N2O4/c1-24-13-6-5-10-21(24)26(15-7-14-24)22(27)19-12-11-17(16-20(19)29-2)25-23(28)30-18-8-3-4-9-18/h11-12,16,18,21H,3-10,13-15H2,1-2H3,(H,25,28). The van der Waals surface area contributed by atoms with Crippen LogP contribution < -0.4 is 10.1 Å². The summed E-state index contributed by atoms with van der Waals surface area (Å²) in [5.74, 6) is 0.520. The molecule has 1 aliphatic heterocycles. The summed E-state index contributed by atoms with van der Waals surface area (Å²) in [6.45, 7) is 3.15. The van der Waals surface area contributed by atoms with Gasteiger partial charge in [0.25, 0.3) is 5.91 Å². The van der Waals surface area contributed by atoms with Crippen molar-refractivity contribution in [3.8, 4) is 5.75 Å². The smallest absolute Gasteiger partial charge is 0.411 e. The van der Waals surface area contributed by atoms with Gasteiger partial charge in [-0.3, -0.25) is 10.1 Å². The molecule has 1 aromatic rings. The van der Waals surface area contributed by atoms with Gasteiger partial charge in [-0.2, -0.15) is 0 Å². The molecule has 2 aliphatic carbocycles. The highest BCUT2D eigenvalue weighted by Crippen LogP contribution is 2.46. The fraction of sp³-hybridized carbons (Fsp3) is 0.667. The van der Waals surface area contributed by atoms with Crippen LogP contribution in [0, 0.1) is 5.41 Å². The number of carbonyl (C=O) groups excluding carboxylic acids is 2. The topological polar surface area (TPSA) is 67.9 Å². The lowest BCUT2D eigenvalue weighted by atomic mass is 9.66. The number of rotatable bonds is 4. The quantitative estimate of drug-likeness (QED) is 0.719. The fourth-order valence-electron chi connectivity index (χ4n) is 5.66. The first-order valence-corrected chi connectivity index (χ1v) is 11.5. The number of fused-ring (bicyclic) bond motifs is 1. The van der Waals surface area contributed by atoms with E-state index in [2.05, 4.69) is 17.1 Å². The van der Waals surface area contributed by atoms with Crippen molar-refractivity contribution < 1.29 is 19.1 Å². The Morgan fingerprint density at radius 2 is 1.80 bits per heavy atom. The average Bonchev–Trinajstić information content (AvgIpc) is 3.25. The highest BCUT2D eigenvalue weighted by Gasteiger charge is 2.44. The summed E-state index contributed by atoms with van der Waals surface area (Å²) < 4.78 is 11.0. The van der Waals surface area contributed by atoms with Crippen LogP contribution in [0.25, 0.3) is 0 Å². The van der Waals surface area contributed by atoms with Gasteiger partial charge >= 0.3 is 6.09 Å². The highest BCUT2D eigenvalue weighted by atomic mass is 16.6. The van der Waals surface area contributed by atoms with Crippen LogP contribution in [0.4, 0.5) is 10.5 Å². The van der Waals surface area contributed by atoms with E-state index in [1.165, 1.54) is 25.7 Å². The van der Waals surface area contributed by atoms with Gasteiger partial charge in [0.1, 0.15) is 11.9 Å². The third-order valence-corrected chi connectivity index (χ3v) is 7.32. The largest absolute Gasteiger partial charge is 0.496 e. The van der Waals surface area contributed by atoms with Gasteiger partial charge < -0.3 is 14.4 Å². The van der Waals surface area contributed by atoms with Crippen molar-refractivity contribution >= 4 is 17.7 Å². The number of benzene rings is 1.